The summed E-state index contributed by atoms with van der Waals surface area (Å²) >= 11 is 3.06. The second kappa shape index (κ2) is 10.9. The van der Waals surface area contributed by atoms with Crippen LogP contribution in [0.25, 0.3) is 0 Å². The quantitative estimate of drug-likeness (QED) is 0.449. The summed E-state index contributed by atoms with van der Waals surface area (Å²) in [5.41, 5.74) is 3.62. The van der Waals surface area contributed by atoms with E-state index in [1.807, 2.05) is 42.6 Å². The molecule has 0 saturated carbocycles. The average Bonchev–Trinajstić information content (AvgIpc) is 3.40. The summed E-state index contributed by atoms with van der Waals surface area (Å²) in [4.78, 5) is 31.3. The van der Waals surface area contributed by atoms with Crippen molar-refractivity contribution < 1.29 is 14.3 Å². The first-order chi connectivity index (χ1) is 16.4. The predicted molar refractivity (Wildman–Crippen MR) is 133 cm³/mol. The number of carbonyl (C=O) groups excluding carboxylic acids is 2. The molecule has 0 aliphatic heterocycles. The van der Waals surface area contributed by atoms with Crippen LogP contribution in [-0.2, 0) is 35.3 Å². The van der Waals surface area contributed by atoms with E-state index in [0.29, 0.717) is 37.8 Å². The van der Waals surface area contributed by atoms with Gasteiger partial charge in [0.15, 0.2) is 0 Å². The molecule has 1 aliphatic carbocycles. The van der Waals surface area contributed by atoms with E-state index >= 15 is 0 Å². The normalized spacial score (nSPS) is 15.7. The van der Waals surface area contributed by atoms with Gasteiger partial charge in [0.25, 0.3) is 0 Å². The molecule has 0 bridgehead atoms. The van der Waals surface area contributed by atoms with Gasteiger partial charge in [-0.05, 0) is 36.8 Å². The Morgan fingerprint density at radius 1 is 1.32 bits per heavy atom. The van der Waals surface area contributed by atoms with Gasteiger partial charge in [-0.1, -0.05) is 37.3 Å². The van der Waals surface area contributed by atoms with Crippen LogP contribution in [0.15, 0.2) is 35.7 Å². The van der Waals surface area contributed by atoms with Crippen LogP contribution in [0.2, 0.25) is 0 Å². The largest absolute Gasteiger partial charge is 0.446 e. The average molecular weight is 494 g/mol. The van der Waals surface area contributed by atoms with Gasteiger partial charge in [0.1, 0.15) is 18.0 Å². The summed E-state index contributed by atoms with van der Waals surface area (Å²) in [6.07, 6.45) is 1.94. The Labute approximate surface area is 207 Å². The molecule has 1 N–H and O–H groups in total. The summed E-state index contributed by atoms with van der Waals surface area (Å²) < 4.78 is 5.62. The van der Waals surface area contributed by atoms with E-state index < -0.39 is 6.09 Å². The summed E-state index contributed by atoms with van der Waals surface area (Å²) in [5.74, 6) is 0.272. The Hall–Kier alpha value is -3.02. The third-order valence-electron chi connectivity index (χ3n) is 6.02. The number of hydrogen-bond donors (Lipinski definition) is 1. The van der Waals surface area contributed by atoms with Gasteiger partial charge in [0, 0.05) is 34.4 Å². The minimum Gasteiger partial charge on any atom is -0.446 e. The topological polar surface area (TPSA) is 92.1 Å². The number of rotatable bonds is 8. The lowest BCUT2D eigenvalue weighted by Gasteiger charge is -2.22. The molecule has 4 rings (SSSR count). The van der Waals surface area contributed by atoms with Crippen LogP contribution in [0.4, 0.5) is 4.79 Å². The maximum absolute atomic E-state index is 12.8. The standard InChI is InChI=1S/C26H27N3O3S2/c1-16(18-6-4-3-5-7-18)10-20(30)11-24-23(13-27)22-9-8-21(12-25(22)34-24)32-26(31)28-14-19-15-33-17(2)29-19/h3-7,15-16,21H,8-12,14H2,1-2H3,(H,28,31). The minimum absolute atomic E-state index is 0.135. The highest BCUT2D eigenvalue weighted by molar-refractivity contribution is 7.12. The first-order valence-corrected chi connectivity index (χ1v) is 13.1. The van der Waals surface area contributed by atoms with Crippen molar-refractivity contribution in [3.63, 3.8) is 0 Å². The fourth-order valence-electron chi connectivity index (χ4n) is 4.30. The van der Waals surface area contributed by atoms with Crippen LogP contribution in [0.5, 0.6) is 0 Å². The third-order valence-corrected chi connectivity index (χ3v) is 8.10. The van der Waals surface area contributed by atoms with Gasteiger partial charge in [-0.25, -0.2) is 9.78 Å². The van der Waals surface area contributed by atoms with Crippen LogP contribution in [0.1, 0.15) is 62.8 Å². The highest BCUT2D eigenvalue weighted by Crippen LogP contribution is 2.36. The van der Waals surface area contributed by atoms with Gasteiger partial charge in [-0.15, -0.1) is 22.7 Å². The lowest BCUT2D eigenvalue weighted by molar-refractivity contribution is -0.118. The molecule has 34 heavy (non-hydrogen) atoms. The number of aryl methyl sites for hydroxylation is 1. The SMILES string of the molecule is Cc1nc(CNC(=O)OC2CCc3c(sc(CC(=O)CC(C)c4ccccc4)c3C#N)C2)cs1. The van der Waals surface area contributed by atoms with Gasteiger partial charge < -0.3 is 10.1 Å². The van der Waals surface area contributed by atoms with Crippen molar-refractivity contribution >= 4 is 34.6 Å². The van der Waals surface area contributed by atoms with E-state index in [2.05, 4.69) is 23.3 Å². The molecule has 176 valence electrons. The molecule has 2 aromatic heterocycles. The molecule has 2 unspecified atom stereocenters. The third kappa shape index (κ3) is 5.91. The summed E-state index contributed by atoms with van der Waals surface area (Å²) in [6.45, 7) is 4.32. The van der Waals surface area contributed by atoms with Gasteiger partial charge >= 0.3 is 6.09 Å². The minimum atomic E-state index is -0.457. The monoisotopic (exact) mass is 493 g/mol. The van der Waals surface area contributed by atoms with Crippen molar-refractivity contribution in [2.75, 3.05) is 0 Å². The Bertz CT molecular complexity index is 1210. The zero-order valence-electron chi connectivity index (χ0n) is 19.3. The van der Waals surface area contributed by atoms with Crippen molar-refractivity contribution in [3.8, 4) is 6.07 Å². The lowest BCUT2D eigenvalue weighted by atomic mass is 9.91. The fourth-order valence-corrected chi connectivity index (χ4v) is 6.32. The maximum atomic E-state index is 12.8. The van der Waals surface area contributed by atoms with Crippen molar-refractivity contribution in [1.82, 2.24) is 10.3 Å². The van der Waals surface area contributed by atoms with Crippen LogP contribution in [0.3, 0.4) is 0 Å². The first kappa shape index (κ1) is 24.1. The second-order valence-corrected chi connectivity index (χ2v) is 10.9. The van der Waals surface area contributed by atoms with Crippen LogP contribution in [0, 0.1) is 18.3 Å². The number of thiazole rings is 1. The molecule has 6 nitrogen and oxygen atoms in total. The Balaban J connectivity index is 1.34. The number of ketones is 1. The van der Waals surface area contributed by atoms with E-state index in [4.69, 9.17) is 4.74 Å². The highest BCUT2D eigenvalue weighted by Gasteiger charge is 2.28. The van der Waals surface area contributed by atoms with Gasteiger partial charge in [-0.2, -0.15) is 5.26 Å². The molecule has 1 aromatic carbocycles. The summed E-state index contributed by atoms with van der Waals surface area (Å²) in [6, 6.07) is 12.3. The molecule has 1 aliphatic rings. The zero-order chi connectivity index (χ0) is 24.1. The van der Waals surface area contributed by atoms with Gasteiger partial charge in [0.05, 0.1) is 22.8 Å². The second-order valence-electron chi connectivity index (χ2n) is 8.63. The van der Waals surface area contributed by atoms with E-state index in [1.165, 1.54) is 11.3 Å². The number of fused-ring (bicyclic) bond motifs is 1. The predicted octanol–water partition coefficient (Wildman–Crippen LogP) is 5.47. The Morgan fingerprint density at radius 2 is 2.12 bits per heavy atom. The number of hydrogen-bond acceptors (Lipinski definition) is 7. The number of carbonyl (C=O) groups is 2. The molecule has 1 amide bonds. The first-order valence-electron chi connectivity index (χ1n) is 11.4. The summed E-state index contributed by atoms with van der Waals surface area (Å²) in [7, 11) is 0. The Kier molecular flexibility index (Phi) is 7.76. The fraction of sp³-hybridized carbons (Fsp3) is 0.385. The number of amides is 1. The van der Waals surface area contributed by atoms with Crippen molar-refractivity contribution in [1.29, 1.82) is 5.26 Å². The molecule has 0 fully saturated rings. The van der Waals surface area contributed by atoms with E-state index in [0.717, 1.165) is 31.6 Å². The number of nitriles is 1. The van der Waals surface area contributed by atoms with E-state index in [-0.39, 0.29) is 24.2 Å². The zero-order valence-corrected chi connectivity index (χ0v) is 20.9. The van der Waals surface area contributed by atoms with Crippen molar-refractivity contribution in [2.45, 2.75) is 64.5 Å². The molecular weight excluding hydrogens is 466 g/mol. The molecule has 0 radical (unpaired) electrons. The number of aromatic nitrogens is 1. The number of alkyl carbamates (subject to hydrolysis) is 1. The van der Waals surface area contributed by atoms with Crippen LogP contribution < -0.4 is 5.32 Å². The molecule has 3 aromatic rings. The molecule has 0 spiro atoms. The van der Waals surface area contributed by atoms with Gasteiger partial charge in [-0.3, -0.25) is 4.79 Å². The summed E-state index contributed by atoms with van der Waals surface area (Å²) in [5, 5.41) is 15.4. The van der Waals surface area contributed by atoms with Crippen molar-refractivity contribution in [3.05, 3.63) is 72.9 Å². The van der Waals surface area contributed by atoms with Crippen LogP contribution >= 0.6 is 22.7 Å². The number of nitrogens with zero attached hydrogens (tertiary/aromatic N) is 2. The number of ether oxygens (including phenoxy) is 1. The molecular formula is C26H27N3O3S2. The molecule has 0 saturated heterocycles. The number of nitrogens with one attached hydrogen (secondary N) is 1. The molecule has 8 heteroatoms. The van der Waals surface area contributed by atoms with E-state index in [9.17, 15) is 14.9 Å². The molecule has 2 heterocycles. The molecule has 2 atom stereocenters. The Morgan fingerprint density at radius 3 is 2.82 bits per heavy atom. The maximum Gasteiger partial charge on any atom is 0.407 e. The smallest absolute Gasteiger partial charge is 0.407 e. The van der Waals surface area contributed by atoms with Crippen molar-refractivity contribution in [2.24, 2.45) is 0 Å². The number of thiophene rings is 1. The highest BCUT2D eigenvalue weighted by atomic mass is 32.1. The van der Waals surface area contributed by atoms with Gasteiger partial charge in [0.2, 0.25) is 0 Å². The number of benzene rings is 1. The van der Waals surface area contributed by atoms with E-state index in [1.54, 1.807) is 11.3 Å². The van der Waals surface area contributed by atoms with Crippen LogP contribution in [-0.4, -0.2) is 23.0 Å². The lowest BCUT2D eigenvalue weighted by Crippen LogP contribution is -2.31. The number of Topliss-reactive ketones (excluding diaryl/α,β-unsaturated/α-hetero) is 1.